The van der Waals surface area contributed by atoms with Gasteiger partial charge in [0, 0.05) is 13.1 Å². The highest BCUT2D eigenvalue weighted by Crippen LogP contribution is 2.21. The quantitative estimate of drug-likeness (QED) is 0.768. The van der Waals surface area contributed by atoms with Crippen molar-refractivity contribution >= 4 is 17.4 Å². The molecule has 14 heavy (non-hydrogen) atoms. The predicted molar refractivity (Wildman–Crippen MR) is 55.9 cm³/mol. The van der Waals surface area contributed by atoms with Gasteiger partial charge in [-0.25, -0.2) is 4.98 Å². The van der Waals surface area contributed by atoms with Gasteiger partial charge in [-0.05, 0) is 19.3 Å². The Kier molecular flexibility index (Phi) is 2.72. The first-order chi connectivity index (χ1) is 6.79. The maximum absolute atomic E-state index is 11.2. The predicted octanol–water partition coefficient (Wildman–Crippen LogP) is 1.41. The summed E-state index contributed by atoms with van der Waals surface area (Å²) < 4.78 is 0. The van der Waals surface area contributed by atoms with Crippen molar-refractivity contribution in [3.05, 3.63) is 21.7 Å². The molecule has 1 saturated heterocycles. The summed E-state index contributed by atoms with van der Waals surface area (Å²) in [5, 5.41) is 0.203. The van der Waals surface area contributed by atoms with Crippen molar-refractivity contribution in [1.29, 1.82) is 0 Å². The average molecular weight is 214 g/mol. The fourth-order valence-corrected chi connectivity index (χ4v) is 1.92. The molecule has 76 valence electrons. The van der Waals surface area contributed by atoms with Crippen molar-refractivity contribution in [2.24, 2.45) is 0 Å². The summed E-state index contributed by atoms with van der Waals surface area (Å²) >= 11 is 5.88. The van der Waals surface area contributed by atoms with E-state index in [1.807, 2.05) is 0 Å². The average Bonchev–Trinajstić information content (AvgIpc) is 2.23. The van der Waals surface area contributed by atoms with Crippen molar-refractivity contribution in [3.63, 3.8) is 0 Å². The standard InChI is InChI=1S/C9H12ClN3O/c10-7-8(11-6-12-9(7)14)13-4-2-1-3-5-13/h6H,1-5H2,(H,11,12,14). The first-order valence-electron chi connectivity index (χ1n) is 4.77. The Bertz CT molecular complexity index is 371. The number of halogens is 1. The van der Waals surface area contributed by atoms with E-state index in [-0.39, 0.29) is 10.6 Å². The van der Waals surface area contributed by atoms with Crippen LogP contribution in [0, 0.1) is 0 Å². The topological polar surface area (TPSA) is 49.0 Å². The Labute approximate surface area is 86.9 Å². The maximum Gasteiger partial charge on any atom is 0.271 e. The molecule has 1 aliphatic rings. The molecule has 0 aromatic carbocycles. The summed E-state index contributed by atoms with van der Waals surface area (Å²) in [6, 6.07) is 0. The van der Waals surface area contributed by atoms with Crippen LogP contribution >= 0.6 is 11.6 Å². The van der Waals surface area contributed by atoms with Gasteiger partial charge >= 0.3 is 0 Å². The molecule has 0 unspecified atom stereocenters. The van der Waals surface area contributed by atoms with Crippen LogP contribution in [-0.2, 0) is 0 Å². The van der Waals surface area contributed by atoms with E-state index in [0.29, 0.717) is 5.82 Å². The molecular formula is C9H12ClN3O. The monoisotopic (exact) mass is 213 g/mol. The smallest absolute Gasteiger partial charge is 0.271 e. The summed E-state index contributed by atoms with van der Waals surface area (Å²) in [7, 11) is 0. The molecule has 1 fully saturated rings. The van der Waals surface area contributed by atoms with Gasteiger partial charge in [0.05, 0.1) is 6.33 Å². The molecule has 0 amide bonds. The minimum absolute atomic E-state index is 0.203. The van der Waals surface area contributed by atoms with Gasteiger partial charge in [-0.2, -0.15) is 0 Å². The highest BCUT2D eigenvalue weighted by Gasteiger charge is 2.16. The van der Waals surface area contributed by atoms with E-state index in [4.69, 9.17) is 11.6 Å². The molecule has 0 bridgehead atoms. The number of rotatable bonds is 1. The fourth-order valence-electron chi connectivity index (χ4n) is 1.70. The molecular weight excluding hydrogens is 202 g/mol. The van der Waals surface area contributed by atoms with Crippen molar-refractivity contribution in [3.8, 4) is 0 Å². The second kappa shape index (κ2) is 4.00. The maximum atomic E-state index is 11.2. The first kappa shape index (κ1) is 9.52. The van der Waals surface area contributed by atoms with E-state index in [1.54, 1.807) is 0 Å². The van der Waals surface area contributed by atoms with Crippen molar-refractivity contribution in [2.75, 3.05) is 18.0 Å². The van der Waals surface area contributed by atoms with Crippen molar-refractivity contribution < 1.29 is 0 Å². The zero-order chi connectivity index (χ0) is 9.97. The van der Waals surface area contributed by atoms with Crippen LogP contribution < -0.4 is 10.5 Å². The molecule has 1 N–H and O–H groups in total. The Morgan fingerprint density at radius 1 is 1.36 bits per heavy atom. The number of piperidine rings is 1. The summed E-state index contributed by atoms with van der Waals surface area (Å²) in [5.74, 6) is 0.620. The minimum atomic E-state index is -0.262. The van der Waals surface area contributed by atoms with E-state index < -0.39 is 0 Å². The molecule has 0 radical (unpaired) electrons. The van der Waals surface area contributed by atoms with Gasteiger partial charge in [0.25, 0.3) is 5.56 Å². The fraction of sp³-hybridized carbons (Fsp3) is 0.556. The Balaban J connectivity index is 2.30. The summed E-state index contributed by atoms with van der Waals surface area (Å²) in [5.41, 5.74) is -0.262. The van der Waals surface area contributed by atoms with Crippen LogP contribution in [0.4, 0.5) is 5.82 Å². The van der Waals surface area contributed by atoms with Gasteiger partial charge in [-0.3, -0.25) is 4.79 Å². The molecule has 1 aromatic heterocycles. The van der Waals surface area contributed by atoms with E-state index in [2.05, 4.69) is 14.9 Å². The van der Waals surface area contributed by atoms with Crippen LogP contribution in [0.3, 0.4) is 0 Å². The van der Waals surface area contributed by atoms with E-state index in [9.17, 15) is 4.79 Å². The lowest BCUT2D eigenvalue weighted by Gasteiger charge is -2.27. The lowest BCUT2D eigenvalue weighted by atomic mass is 10.1. The molecule has 4 nitrogen and oxygen atoms in total. The third-order valence-electron chi connectivity index (χ3n) is 2.43. The van der Waals surface area contributed by atoms with E-state index in [0.717, 1.165) is 25.9 Å². The van der Waals surface area contributed by atoms with Gasteiger partial charge in [0.2, 0.25) is 0 Å². The van der Waals surface area contributed by atoms with Crippen molar-refractivity contribution in [1.82, 2.24) is 9.97 Å². The number of nitrogens with one attached hydrogen (secondary N) is 1. The van der Waals surface area contributed by atoms with Crippen LogP contribution in [0.2, 0.25) is 5.02 Å². The SMILES string of the molecule is O=c1[nH]cnc(N2CCCCC2)c1Cl. The molecule has 0 aliphatic carbocycles. The number of hydrogen-bond donors (Lipinski definition) is 1. The lowest BCUT2D eigenvalue weighted by Crippen LogP contribution is -2.31. The van der Waals surface area contributed by atoms with Gasteiger partial charge in [0.1, 0.15) is 5.02 Å². The van der Waals surface area contributed by atoms with Gasteiger partial charge in [-0.1, -0.05) is 11.6 Å². The van der Waals surface area contributed by atoms with Gasteiger partial charge in [-0.15, -0.1) is 0 Å². The Morgan fingerprint density at radius 2 is 2.07 bits per heavy atom. The zero-order valence-electron chi connectivity index (χ0n) is 7.79. The number of anilines is 1. The molecule has 0 atom stereocenters. The first-order valence-corrected chi connectivity index (χ1v) is 5.15. The van der Waals surface area contributed by atoms with Crippen LogP contribution in [0.5, 0.6) is 0 Å². The third kappa shape index (κ3) is 1.75. The highest BCUT2D eigenvalue weighted by molar-refractivity contribution is 6.32. The second-order valence-electron chi connectivity index (χ2n) is 3.42. The van der Waals surface area contributed by atoms with Crippen molar-refractivity contribution in [2.45, 2.75) is 19.3 Å². The highest BCUT2D eigenvalue weighted by atomic mass is 35.5. The summed E-state index contributed by atoms with van der Waals surface area (Å²) in [6.07, 6.45) is 4.94. The van der Waals surface area contributed by atoms with Crippen LogP contribution in [-0.4, -0.2) is 23.1 Å². The van der Waals surface area contributed by atoms with Crippen LogP contribution in [0.15, 0.2) is 11.1 Å². The molecule has 1 aromatic rings. The summed E-state index contributed by atoms with van der Waals surface area (Å²) in [4.78, 5) is 19.9. The number of hydrogen-bond acceptors (Lipinski definition) is 3. The third-order valence-corrected chi connectivity index (χ3v) is 2.77. The molecule has 2 rings (SSSR count). The van der Waals surface area contributed by atoms with E-state index >= 15 is 0 Å². The zero-order valence-corrected chi connectivity index (χ0v) is 8.55. The number of aromatic amines is 1. The minimum Gasteiger partial charge on any atom is -0.355 e. The molecule has 0 saturated carbocycles. The van der Waals surface area contributed by atoms with Gasteiger partial charge in [0.15, 0.2) is 5.82 Å². The Morgan fingerprint density at radius 3 is 2.79 bits per heavy atom. The molecule has 2 heterocycles. The molecule has 0 spiro atoms. The number of aromatic nitrogens is 2. The second-order valence-corrected chi connectivity index (χ2v) is 3.79. The largest absolute Gasteiger partial charge is 0.355 e. The lowest BCUT2D eigenvalue weighted by molar-refractivity contribution is 0.573. The number of nitrogens with zero attached hydrogens (tertiary/aromatic N) is 2. The van der Waals surface area contributed by atoms with Crippen LogP contribution in [0.25, 0.3) is 0 Å². The normalized spacial score (nSPS) is 17.1. The van der Waals surface area contributed by atoms with Crippen LogP contribution in [0.1, 0.15) is 19.3 Å². The van der Waals surface area contributed by atoms with Gasteiger partial charge < -0.3 is 9.88 Å². The molecule has 5 heteroatoms. The summed E-state index contributed by atoms with van der Waals surface area (Å²) in [6.45, 7) is 1.88. The van der Waals surface area contributed by atoms with E-state index in [1.165, 1.54) is 12.7 Å². The number of H-pyrrole nitrogens is 1. The Hall–Kier alpha value is -1.03. The molecule has 1 aliphatic heterocycles.